The molecule has 0 amide bonds. The molecule has 0 aliphatic rings. The number of imidazole rings is 1. The minimum Gasteiger partial charge on any atom is -0.289 e. The fraction of sp³-hybridized carbons (Fsp3) is 0.0952. The molecule has 4 heterocycles. The van der Waals surface area contributed by atoms with Crippen molar-refractivity contribution in [2.45, 2.75) is 13.0 Å². The molecule has 0 bridgehead atoms. The van der Waals surface area contributed by atoms with Gasteiger partial charge in [-0.05, 0) is 30.7 Å². The van der Waals surface area contributed by atoms with Crippen molar-refractivity contribution in [3.8, 4) is 11.3 Å². The summed E-state index contributed by atoms with van der Waals surface area (Å²) in [5.41, 5.74) is 4.15. The minimum absolute atomic E-state index is 0.228. The summed E-state index contributed by atoms with van der Waals surface area (Å²) in [6, 6.07) is 13.4. The van der Waals surface area contributed by atoms with E-state index in [1.807, 2.05) is 49.4 Å². The molecule has 0 saturated heterocycles. The average Bonchev–Trinajstić information content (AvgIpc) is 3.08. The molecule has 0 aliphatic carbocycles. The summed E-state index contributed by atoms with van der Waals surface area (Å²) in [5.74, 6) is 0. The summed E-state index contributed by atoms with van der Waals surface area (Å²) < 4.78 is 1.62. The number of aromatic amines is 1. The van der Waals surface area contributed by atoms with Crippen LogP contribution in [0.1, 0.15) is 18.5 Å². The standard InChI is InChI=1S/C21H16N6O/c1-13(14-5-3-9-22-11-14)27-20-19(26-21(27)28)24-12-18(25-20)16-6-2-8-17-15(16)7-4-10-23-17/h2-13H,1H3,(H,24,26,28). The second-order valence-electron chi connectivity index (χ2n) is 6.57. The van der Waals surface area contributed by atoms with Gasteiger partial charge in [0.2, 0.25) is 0 Å². The van der Waals surface area contributed by atoms with Crippen LogP contribution in [0.2, 0.25) is 0 Å². The Morgan fingerprint density at radius 2 is 1.89 bits per heavy atom. The first kappa shape index (κ1) is 16.3. The molecule has 0 fully saturated rings. The van der Waals surface area contributed by atoms with Crippen molar-refractivity contribution >= 4 is 22.2 Å². The van der Waals surface area contributed by atoms with Gasteiger partial charge in [-0.25, -0.2) is 14.8 Å². The number of pyridine rings is 2. The molecule has 0 aliphatic heterocycles. The summed E-state index contributed by atoms with van der Waals surface area (Å²) in [6.07, 6.45) is 6.91. The number of H-pyrrole nitrogens is 1. The fourth-order valence-corrected chi connectivity index (χ4v) is 3.48. The van der Waals surface area contributed by atoms with Crippen molar-refractivity contribution in [3.63, 3.8) is 0 Å². The molecular weight excluding hydrogens is 352 g/mol. The van der Waals surface area contributed by atoms with Gasteiger partial charge in [-0.1, -0.05) is 24.3 Å². The molecule has 1 N–H and O–H groups in total. The average molecular weight is 368 g/mol. The molecule has 28 heavy (non-hydrogen) atoms. The van der Waals surface area contributed by atoms with E-state index in [-0.39, 0.29) is 11.7 Å². The van der Waals surface area contributed by atoms with Gasteiger partial charge in [0.25, 0.3) is 0 Å². The van der Waals surface area contributed by atoms with Crippen LogP contribution in [0, 0.1) is 0 Å². The first-order valence-electron chi connectivity index (χ1n) is 8.93. The van der Waals surface area contributed by atoms with Crippen LogP contribution in [0.4, 0.5) is 0 Å². The van der Waals surface area contributed by atoms with Gasteiger partial charge in [0.05, 0.1) is 23.4 Å². The maximum absolute atomic E-state index is 12.6. The van der Waals surface area contributed by atoms with Gasteiger partial charge >= 0.3 is 5.69 Å². The Morgan fingerprint density at radius 3 is 2.75 bits per heavy atom. The van der Waals surface area contributed by atoms with Gasteiger partial charge in [0.15, 0.2) is 11.3 Å². The van der Waals surface area contributed by atoms with Crippen LogP contribution in [0.25, 0.3) is 33.5 Å². The molecule has 5 aromatic rings. The van der Waals surface area contributed by atoms with E-state index in [0.29, 0.717) is 17.0 Å². The highest BCUT2D eigenvalue weighted by atomic mass is 16.1. The molecule has 1 atom stereocenters. The largest absolute Gasteiger partial charge is 0.329 e. The molecule has 5 rings (SSSR count). The van der Waals surface area contributed by atoms with Gasteiger partial charge in [-0.3, -0.25) is 19.5 Å². The molecular formula is C21H16N6O. The molecule has 136 valence electrons. The second-order valence-corrected chi connectivity index (χ2v) is 6.57. The van der Waals surface area contributed by atoms with Crippen molar-refractivity contribution in [2.24, 2.45) is 0 Å². The minimum atomic E-state index is -0.247. The smallest absolute Gasteiger partial charge is 0.289 e. The van der Waals surface area contributed by atoms with E-state index in [0.717, 1.165) is 22.0 Å². The predicted molar refractivity (Wildman–Crippen MR) is 107 cm³/mol. The van der Waals surface area contributed by atoms with Crippen molar-refractivity contribution in [3.05, 3.63) is 83.3 Å². The van der Waals surface area contributed by atoms with Gasteiger partial charge in [0.1, 0.15) is 0 Å². The van der Waals surface area contributed by atoms with Gasteiger partial charge in [-0.2, -0.15) is 0 Å². The van der Waals surface area contributed by atoms with E-state index >= 15 is 0 Å². The molecule has 1 aromatic carbocycles. The maximum Gasteiger partial charge on any atom is 0.329 e. The number of benzene rings is 1. The third kappa shape index (κ3) is 2.56. The van der Waals surface area contributed by atoms with E-state index in [1.165, 1.54) is 0 Å². The highest BCUT2D eigenvalue weighted by molar-refractivity contribution is 5.93. The Morgan fingerprint density at radius 1 is 1.00 bits per heavy atom. The van der Waals surface area contributed by atoms with E-state index in [1.54, 1.807) is 29.4 Å². The van der Waals surface area contributed by atoms with Crippen LogP contribution in [-0.2, 0) is 0 Å². The first-order valence-corrected chi connectivity index (χ1v) is 8.93. The summed E-state index contributed by atoms with van der Waals surface area (Å²) in [5, 5.41) is 0.989. The van der Waals surface area contributed by atoms with Crippen LogP contribution >= 0.6 is 0 Å². The highest BCUT2D eigenvalue weighted by Gasteiger charge is 2.18. The molecule has 0 saturated carbocycles. The van der Waals surface area contributed by atoms with Crippen LogP contribution in [0.5, 0.6) is 0 Å². The SMILES string of the molecule is CC(c1cccnc1)n1c(=O)[nH]c2ncc(-c3cccc4ncccc34)nc21. The second kappa shape index (κ2) is 6.38. The summed E-state index contributed by atoms with van der Waals surface area (Å²) in [7, 11) is 0. The van der Waals surface area contributed by atoms with E-state index in [2.05, 4.69) is 19.9 Å². The Labute approximate surface area is 159 Å². The molecule has 7 heteroatoms. The summed E-state index contributed by atoms with van der Waals surface area (Å²) in [6.45, 7) is 1.95. The van der Waals surface area contributed by atoms with Crippen molar-refractivity contribution in [1.82, 2.24) is 29.5 Å². The number of hydrogen-bond acceptors (Lipinski definition) is 5. The fourth-order valence-electron chi connectivity index (χ4n) is 3.48. The lowest BCUT2D eigenvalue weighted by Crippen LogP contribution is -2.21. The first-order chi connectivity index (χ1) is 13.7. The molecule has 4 aromatic heterocycles. The van der Waals surface area contributed by atoms with Crippen LogP contribution in [-0.4, -0.2) is 29.5 Å². The van der Waals surface area contributed by atoms with E-state index in [4.69, 9.17) is 4.98 Å². The Kier molecular flexibility index (Phi) is 3.72. The van der Waals surface area contributed by atoms with Crippen molar-refractivity contribution < 1.29 is 0 Å². The summed E-state index contributed by atoms with van der Waals surface area (Å²) in [4.78, 5) is 33.2. The van der Waals surface area contributed by atoms with Crippen molar-refractivity contribution in [1.29, 1.82) is 0 Å². The number of rotatable bonds is 3. The van der Waals surface area contributed by atoms with Crippen LogP contribution in [0.15, 0.2) is 72.0 Å². The number of fused-ring (bicyclic) bond motifs is 2. The molecule has 0 spiro atoms. The lowest BCUT2D eigenvalue weighted by Gasteiger charge is -2.13. The molecule has 1 unspecified atom stereocenters. The summed E-state index contributed by atoms with van der Waals surface area (Å²) >= 11 is 0. The topological polar surface area (TPSA) is 89.4 Å². The van der Waals surface area contributed by atoms with Crippen LogP contribution < -0.4 is 5.69 Å². The van der Waals surface area contributed by atoms with E-state index in [9.17, 15) is 4.79 Å². The highest BCUT2D eigenvalue weighted by Crippen LogP contribution is 2.27. The Hall–Kier alpha value is -3.87. The molecule has 0 radical (unpaired) electrons. The van der Waals surface area contributed by atoms with Gasteiger partial charge in [0, 0.05) is 29.5 Å². The Balaban J connectivity index is 1.72. The quantitative estimate of drug-likeness (QED) is 0.527. The lowest BCUT2D eigenvalue weighted by atomic mass is 10.1. The zero-order valence-electron chi connectivity index (χ0n) is 15.1. The maximum atomic E-state index is 12.6. The number of nitrogens with one attached hydrogen (secondary N) is 1. The Bertz CT molecular complexity index is 1350. The van der Waals surface area contributed by atoms with E-state index < -0.39 is 0 Å². The van der Waals surface area contributed by atoms with Crippen LogP contribution in [0.3, 0.4) is 0 Å². The molecule has 7 nitrogen and oxygen atoms in total. The third-order valence-electron chi connectivity index (χ3n) is 4.90. The lowest BCUT2D eigenvalue weighted by molar-refractivity contribution is 0.628. The number of aromatic nitrogens is 6. The van der Waals surface area contributed by atoms with Gasteiger partial charge in [-0.15, -0.1) is 0 Å². The zero-order chi connectivity index (χ0) is 19.1. The third-order valence-corrected chi connectivity index (χ3v) is 4.90. The van der Waals surface area contributed by atoms with Crippen molar-refractivity contribution in [2.75, 3.05) is 0 Å². The monoisotopic (exact) mass is 368 g/mol. The zero-order valence-corrected chi connectivity index (χ0v) is 15.1. The number of nitrogens with zero attached hydrogens (tertiary/aromatic N) is 5. The predicted octanol–water partition coefficient (Wildman–Crippen LogP) is 3.34. The normalized spacial score (nSPS) is 12.5. The number of hydrogen-bond donors (Lipinski definition) is 1. The van der Waals surface area contributed by atoms with Gasteiger partial charge < -0.3 is 0 Å².